The van der Waals surface area contributed by atoms with Crippen LogP contribution in [0.25, 0.3) is 0 Å². The fraction of sp³-hybridized carbons (Fsp3) is 0.143. The first kappa shape index (κ1) is 21.4. The van der Waals surface area contributed by atoms with Crippen LogP contribution in [0.4, 0.5) is 11.4 Å². The Balaban J connectivity index is 2.12. The molecule has 0 N–H and O–H groups in total. The lowest BCUT2D eigenvalue weighted by molar-refractivity contribution is -0.385. The number of rotatable bonds is 7. The van der Waals surface area contributed by atoms with Gasteiger partial charge in [0.1, 0.15) is 5.56 Å². The van der Waals surface area contributed by atoms with E-state index in [2.05, 4.69) is 0 Å². The molecule has 1 heterocycles. The summed E-state index contributed by atoms with van der Waals surface area (Å²) >= 11 is 0. The van der Waals surface area contributed by atoms with Gasteiger partial charge in [-0.3, -0.25) is 34.5 Å². The number of carbonyl (C=O) groups excluding carboxylic acids is 2. The van der Waals surface area contributed by atoms with Gasteiger partial charge in [0.25, 0.3) is 17.3 Å². The van der Waals surface area contributed by atoms with Crippen LogP contribution in [0.2, 0.25) is 0 Å². The number of aromatic nitrogens is 1. The van der Waals surface area contributed by atoms with Gasteiger partial charge >= 0.3 is 0 Å². The van der Waals surface area contributed by atoms with Gasteiger partial charge in [0.05, 0.1) is 16.4 Å². The Morgan fingerprint density at radius 3 is 2.23 bits per heavy atom. The first-order valence-corrected chi connectivity index (χ1v) is 9.17. The van der Waals surface area contributed by atoms with Crippen molar-refractivity contribution in [1.29, 1.82) is 0 Å². The van der Waals surface area contributed by atoms with E-state index in [1.165, 1.54) is 58.2 Å². The van der Waals surface area contributed by atoms with Crippen molar-refractivity contribution in [1.82, 2.24) is 4.68 Å². The molecular formula is C21H18N4O6. The average Bonchev–Trinajstić information content (AvgIpc) is 3.05. The lowest BCUT2D eigenvalue weighted by Gasteiger charge is -2.27. The van der Waals surface area contributed by atoms with Crippen LogP contribution in [0.1, 0.15) is 37.7 Å². The summed E-state index contributed by atoms with van der Waals surface area (Å²) in [7, 11) is 0. The molecule has 0 aliphatic rings. The highest BCUT2D eigenvalue weighted by molar-refractivity contribution is 6.04. The van der Waals surface area contributed by atoms with Gasteiger partial charge in [-0.15, -0.1) is 0 Å². The Morgan fingerprint density at radius 1 is 1.03 bits per heavy atom. The van der Waals surface area contributed by atoms with E-state index in [0.29, 0.717) is 28.8 Å². The summed E-state index contributed by atoms with van der Waals surface area (Å²) in [4.78, 5) is 46.0. The highest BCUT2D eigenvalue weighted by Crippen LogP contribution is 2.23. The SMILES string of the molecule is Cc1cc(C=O)c(C)n1N(Cc1ccc([N+](=O)[O-])cc1)C(=O)c1ccccc1[N+](=O)[O-]. The molecule has 0 fully saturated rings. The summed E-state index contributed by atoms with van der Waals surface area (Å²) in [5.41, 5.74) is 1.44. The molecule has 0 saturated heterocycles. The zero-order valence-electron chi connectivity index (χ0n) is 16.7. The molecule has 3 rings (SSSR count). The molecule has 0 radical (unpaired) electrons. The highest BCUT2D eigenvalue weighted by atomic mass is 16.6. The predicted octanol–water partition coefficient (Wildman–Crippen LogP) is 3.71. The summed E-state index contributed by atoms with van der Waals surface area (Å²) in [5, 5.41) is 23.6. The molecule has 0 atom stereocenters. The van der Waals surface area contributed by atoms with E-state index >= 15 is 0 Å². The Hall–Kier alpha value is -4.34. The highest BCUT2D eigenvalue weighted by Gasteiger charge is 2.28. The van der Waals surface area contributed by atoms with Crippen LogP contribution >= 0.6 is 0 Å². The largest absolute Gasteiger partial charge is 0.298 e. The maximum Gasteiger partial charge on any atom is 0.282 e. The van der Waals surface area contributed by atoms with E-state index in [-0.39, 0.29) is 23.5 Å². The van der Waals surface area contributed by atoms with Gasteiger partial charge in [-0.05, 0) is 31.5 Å². The molecule has 0 aliphatic carbocycles. The fourth-order valence-corrected chi connectivity index (χ4v) is 3.35. The molecule has 1 amide bonds. The molecule has 0 bridgehead atoms. The topological polar surface area (TPSA) is 129 Å². The van der Waals surface area contributed by atoms with Crippen LogP contribution in [-0.2, 0) is 6.54 Å². The van der Waals surface area contributed by atoms with E-state index in [1.54, 1.807) is 19.9 Å². The number of hydrogen-bond donors (Lipinski definition) is 0. The second kappa shape index (κ2) is 8.57. The van der Waals surface area contributed by atoms with Gasteiger partial charge in [-0.1, -0.05) is 24.3 Å². The van der Waals surface area contributed by atoms with Crippen molar-refractivity contribution < 1.29 is 19.4 Å². The quantitative estimate of drug-likeness (QED) is 0.324. The first-order chi connectivity index (χ1) is 14.7. The zero-order chi connectivity index (χ0) is 22.7. The van der Waals surface area contributed by atoms with Crippen molar-refractivity contribution in [3.8, 4) is 0 Å². The third kappa shape index (κ3) is 4.17. The fourth-order valence-electron chi connectivity index (χ4n) is 3.35. The molecule has 0 spiro atoms. The Bertz CT molecular complexity index is 1180. The van der Waals surface area contributed by atoms with E-state index in [4.69, 9.17) is 0 Å². The molecule has 10 nitrogen and oxygen atoms in total. The summed E-state index contributed by atoms with van der Waals surface area (Å²) in [6.07, 6.45) is 0.665. The summed E-state index contributed by atoms with van der Waals surface area (Å²) in [6, 6.07) is 12.8. The van der Waals surface area contributed by atoms with E-state index in [1.807, 2.05) is 0 Å². The molecule has 2 aromatic carbocycles. The molecule has 10 heteroatoms. The van der Waals surface area contributed by atoms with E-state index in [9.17, 15) is 29.8 Å². The number of non-ortho nitro benzene ring substituents is 1. The molecule has 31 heavy (non-hydrogen) atoms. The number of hydrogen-bond acceptors (Lipinski definition) is 6. The van der Waals surface area contributed by atoms with Crippen molar-refractivity contribution in [3.63, 3.8) is 0 Å². The molecule has 3 aromatic rings. The number of aryl methyl sites for hydroxylation is 1. The minimum Gasteiger partial charge on any atom is -0.298 e. The van der Waals surface area contributed by atoms with Crippen LogP contribution in [-0.4, -0.2) is 26.7 Å². The molecule has 1 aromatic heterocycles. The van der Waals surface area contributed by atoms with Gasteiger partial charge in [-0.2, -0.15) is 0 Å². The van der Waals surface area contributed by atoms with Crippen LogP contribution in [0.3, 0.4) is 0 Å². The van der Waals surface area contributed by atoms with Gasteiger partial charge in [0, 0.05) is 35.2 Å². The second-order valence-electron chi connectivity index (χ2n) is 6.82. The lowest BCUT2D eigenvalue weighted by Crippen LogP contribution is -2.41. The summed E-state index contributed by atoms with van der Waals surface area (Å²) in [5.74, 6) is -0.648. The Morgan fingerprint density at radius 2 is 1.68 bits per heavy atom. The third-order valence-corrected chi connectivity index (χ3v) is 4.85. The number of para-hydroxylation sites is 1. The summed E-state index contributed by atoms with van der Waals surface area (Å²) in [6.45, 7) is 3.33. The van der Waals surface area contributed by atoms with Gasteiger partial charge < -0.3 is 0 Å². The smallest absolute Gasteiger partial charge is 0.282 e. The van der Waals surface area contributed by atoms with Crippen molar-refractivity contribution in [2.45, 2.75) is 20.4 Å². The number of aldehydes is 1. The van der Waals surface area contributed by atoms with Gasteiger partial charge in [0.2, 0.25) is 0 Å². The van der Waals surface area contributed by atoms with Crippen molar-refractivity contribution in [3.05, 3.63) is 103 Å². The second-order valence-corrected chi connectivity index (χ2v) is 6.82. The standard InChI is InChI=1S/C21H18N4O6/c1-14-11-17(13-26)15(2)23(14)22(12-16-7-9-18(10-8-16)24(28)29)21(27)19-5-3-4-6-20(19)25(30)31/h3-11,13H,12H2,1-2H3. The van der Waals surface area contributed by atoms with Gasteiger partial charge in [0.15, 0.2) is 6.29 Å². The van der Waals surface area contributed by atoms with Crippen molar-refractivity contribution >= 4 is 23.6 Å². The third-order valence-electron chi connectivity index (χ3n) is 4.85. The molecule has 0 aliphatic heterocycles. The number of nitro benzene ring substituents is 2. The van der Waals surface area contributed by atoms with Crippen molar-refractivity contribution in [2.24, 2.45) is 0 Å². The van der Waals surface area contributed by atoms with Crippen molar-refractivity contribution in [2.75, 3.05) is 5.01 Å². The first-order valence-electron chi connectivity index (χ1n) is 9.17. The maximum absolute atomic E-state index is 13.5. The average molecular weight is 422 g/mol. The zero-order valence-corrected chi connectivity index (χ0v) is 16.7. The van der Waals surface area contributed by atoms with E-state index < -0.39 is 15.8 Å². The number of benzene rings is 2. The van der Waals surface area contributed by atoms with E-state index in [0.717, 1.165) is 0 Å². The Kier molecular flexibility index (Phi) is 5.91. The molecule has 0 saturated carbocycles. The maximum atomic E-state index is 13.5. The normalized spacial score (nSPS) is 10.5. The summed E-state index contributed by atoms with van der Waals surface area (Å²) < 4.78 is 1.52. The minimum absolute atomic E-state index is 0.0302. The molecule has 0 unspecified atom stereocenters. The van der Waals surface area contributed by atoms with Crippen LogP contribution in [0, 0.1) is 34.1 Å². The number of carbonyl (C=O) groups is 2. The number of nitro groups is 2. The Labute approximate surface area is 176 Å². The van der Waals surface area contributed by atoms with Gasteiger partial charge in [-0.25, -0.2) is 5.01 Å². The monoisotopic (exact) mass is 422 g/mol. The number of amides is 1. The lowest BCUT2D eigenvalue weighted by atomic mass is 10.1. The predicted molar refractivity (Wildman–Crippen MR) is 112 cm³/mol. The van der Waals surface area contributed by atoms with Crippen LogP contribution < -0.4 is 5.01 Å². The minimum atomic E-state index is -0.648. The molecule has 158 valence electrons. The van der Waals surface area contributed by atoms with Crippen LogP contribution in [0.15, 0.2) is 54.6 Å². The number of nitrogens with zero attached hydrogens (tertiary/aromatic N) is 4. The van der Waals surface area contributed by atoms with Crippen LogP contribution in [0.5, 0.6) is 0 Å². The molecular weight excluding hydrogens is 404 g/mol.